The zero-order valence-corrected chi connectivity index (χ0v) is 9.04. The van der Waals surface area contributed by atoms with Crippen LogP contribution in [-0.4, -0.2) is 22.1 Å². The van der Waals surface area contributed by atoms with Gasteiger partial charge >= 0.3 is 5.97 Å². The van der Waals surface area contributed by atoms with Gasteiger partial charge in [-0.3, -0.25) is 4.79 Å². The van der Waals surface area contributed by atoms with Gasteiger partial charge in [0.1, 0.15) is 6.04 Å². The largest absolute Gasteiger partial charge is 0.480 e. The molecule has 1 aromatic heterocycles. The van der Waals surface area contributed by atoms with Gasteiger partial charge in [0, 0.05) is 23.4 Å². The van der Waals surface area contributed by atoms with Gasteiger partial charge in [-0.25, -0.2) is 4.98 Å². The van der Waals surface area contributed by atoms with Gasteiger partial charge in [0.05, 0.1) is 5.01 Å². The van der Waals surface area contributed by atoms with E-state index < -0.39 is 12.0 Å². The van der Waals surface area contributed by atoms with E-state index in [1.807, 2.05) is 0 Å². The Labute approximate surface area is 86.8 Å². The molecule has 0 aliphatic carbocycles. The molecule has 5 heteroatoms. The molecule has 1 unspecified atom stereocenters. The van der Waals surface area contributed by atoms with E-state index in [0.717, 1.165) is 9.88 Å². The summed E-state index contributed by atoms with van der Waals surface area (Å²) in [5.74, 6) is -0.584. The first-order valence-electron chi connectivity index (χ1n) is 4.43. The third-order valence-electron chi connectivity index (χ3n) is 1.80. The lowest BCUT2D eigenvalue weighted by atomic mass is 10.2. The van der Waals surface area contributed by atoms with Crippen molar-refractivity contribution >= 4 is 17.3 Å². The molecule has 1 aromatic rings. The number of rotatable bonds is 4. The van der Waals surface area contributed by atoms with Crippen molar-refractivity contribution < 1.29 is 9.90 Å². The van der Waals surface area contributed by atoms with E-state index in [1.165, 1.54) is 11.3 Å². The summed E-state index contributed by atoms with van der Waals surface area (Å²) in [6, 6.07) is -0.824. The predicted molar refractivity (Wildman–Crippen MR) is 55.5 cm³/mol. The second-order valence-corrected chi connectivity index (χ2v) is 4.62. The number of carbonyl (C=O) groups is 1. The molecule has 78 valence electrons. The van der Waals surface area contributed by atoms with Gasteiger partial charge in [0.2, 0.25) is 0 Å². The SMILES string of the molecule is CC(C)c1ncc(CC(N)C(=O)O)s1. The highest BCUT2D eigenvalue weighted by molar-refractivity contribution is 7.11. The predicted octanol–water partition coefficient (Wildman–Crippen LogP) is 1.22. The van der Waals surface area contributed by atoms with Crippen molar-refractivity contribution in [3.8, 4) is 0 Å². The monoisotopic (exact) mass is 214 g/mol. The number of nitrogens with zero attached hydrogens (tertiary/aromatic N) is 1. The molecule has 1 heterocycles. The second-order valence-electron chi connectivity index (χ2n) is 3.47. The standard InChI is InChI=1S/C9H14N2O2S/c1-5(2)8-11-4-6(14-8)3-7(10)9(12)13/h4-5,7H,3,10H2,1-2H3,(H,12,13). The number of hydrogen-bond donors (Lipinski definition) is 2. The third-order valence-corrected chi connectivity index (χ3v) is 3.12. The number of carboxylic acids is 1. The van der Waals surface area contributed by atoms with Crippen molar-refractivity contribution in [2.24, 2.45) is 5.73 Å². The highest BCUT2D eigenvalue weighted by Crippen LogP contribution is 2.21. The molecule has 1 rings (SSSR count). The van der Waals surface area contributed by atoms with Crippen molar-refractivity contribution in [1.29, 1.82) is 0 Å². The summed E-state index contributed by atoms with van der Waals surface area (Å²) < 4.78 is 0. The molecule has 0 saturated carbocycles. The van der Waals surface area contributed by atoms with E-state index in [2.05, 4.69) is 18.8 Å². The summed E-state index contributed by atoms with van der Waals surface area (Å²) in [6.07, 6.45) is 2.07. The maximum atomic E-state index is 10.5. The summed E-state index contributed by atoms with van der Waals surface area (Å²) in [7, 11) is 0. The number of hydrogen-bond acceptors (Lipinski definition) is 4. The van der Waals surface area contributed by atoms with E-state index in [1.54, 1.807) is 6.20 Å². The van der Waals surface area contributed by atoms with Crippen LogP contribution >= 0.6 is 11.3 Å². The van der Waals surface area contributed by atoms with Gasteiger partial charge in [-0.1, -0.05) is 13.8 Å². The summed E-state index contributed by atoms with van der Waals surface area (Å²) in [5, 5.41) is 9.64. The normalized spacial score (nSPS) is 13.1. The summed E-state index contributed by atoms with van der Waals surface area (Å²) in [5.41, 5.74) is 5.41. The quantitative estimate of drug-likeness (QED) is 0.790. The summed E-state index contributed by atoms with van der Waals surface area (Å²) in [6.45, 7) is 4.11. The van der Waals surface area contributed by atoms with Crippen LogP contribution in [0.2, 0.25) is 0 Å². The Morgan fingerprint density at radius 2 is 2.36 bits per heavy atom. The van der Waals surface area contributed by atoms with Crippen molar-refractivity contribution in [3.05, 3.63) is 16.1 Å². The molecular weight excluding hydrogens is 200 g/mol. The van der Waals surface area contributed by atoms with Gasteiger partial charge in [-0.05, 0) is 0 Å². The Kier molecular flexibility index (Phi) is 3.60. The zero-order chi connectivity index (χ0) is 10.7. The summed E-state index contributed by atoms with van der Waals surface area (Å²) >= 11 is 1.53. The van der Waals surface area contributed by atoms with Crippen molar-refractivity contribution in [2.75, 3.05) is 0 Å². The summed E-state index contributed by atoms with van der Waals surface area (Å²) in [4.78, 5) is 15.6. The maximum absolute atomic E-state index is 10.5. The van der Waals surface area contributed by atoms with E-state index in [9.17, 15) is 4.79 Å². The maximum Gasteiger partial charge on any atom is 0.320 e. The van der Waals surface area contributed by atoms with Gasteiger partial charge in [-0.15, -0.1) is 11.3 Å². The first-order valence-corrected chi connectivity index (χ1v) is 5.25. The van der Waals surface area contributed by atoms with Crippen LogP contribution < -0.4 is 5.73 Å². The highest BCUT2D eigenvalue weighted by Gasteiger charge is 2.14. The minimum atomic E-state index is -0.968. The molecule has 0 bridgehead atoms. The van der Waals surface area contributed by atoms with Gasteiger partial charge in [0.15, 0.2) is 0 Å². The fourth-order valence-corrected chi connectivity index (χ4v) is 1.97. The molecule has 1 atom stereocenters. The Hall–Kier alpha value is -0.940. The van der Waals surface area contributed by atoms with Crippen LogP contribution in [-0.2, 0) is 11.2 Å². The fraction of sp³-hybridized carbons (Fsp3) is 0.556. The highest BCUT2D eigenvalue weighted by atomic mass is 32.1. The Morgan fingerprint density at radius 3 is 2.79 bits per heavy atom. The molecule has 0 aromatic carbocycles. The number of carboxylic acid groups (broad SMARTS) is 1. The van der Waals surface area contributed by atoms with Crippen molar-refractivity contribution in [3.63, 3.8) is 0 Å². The van der Waals surface area contributed by atoms with Crippen LogP contribution in [0.15, 0.2) is 6.20 Å². The first-order chi connectivity index (χ1) is 6.50. The third kappa shape index (κ3) is 2.78. The Balaban J connectivity index is 2.64. The fourth-order valence-electron chi connectivity index (χ4n) is 0.988. The topological polar surface area (TPSA) is 76.2 Å². The average molecular weight is 214 g/mol. The number of aliphatic carboxylic acids is 1. The van der Waals surface area contributed by atoms with Crippen LogP contribution in [0.25, 0.3) is 0 Å². The molecule has 0 spiro atoms. The van der Waals surface area contributed by atoms with E-state index >= 15 is 0 Å². The molecule has 0 fully saturated rings. The van der Waals surface area contributed by atoms with Crippen LogP contribution in [0.5, 0.6) is 0 Å². The van der Waals surface area contributed by atoms with Crippen molar-refractivity contribution in [1.82, 2.24) is 4.98 Å². The smallest absolute Gasteiger partial charge is 0.320 e. The molecule has 0 aliphatic rings. The first kappa shape index (κ1) is 11.1. The van der Waals surface area contributed by atoms with Crippen LogP contribution in [0.1, 0.15) is 29.7 Å². The lowest BCUT2D eigenvalue weighted by molar-refractivity contribution is -0.138. The molecule has 0 radical (unpaired) electrons. The van der Waals surface area contributed by atoms with E-state index in [0.29, 0.717) is 12.3 Å². The Bertz CT molecular complexity index is 322. The molecule has 4 nitrogen and oxygen atoms in total. The molecule has 14 heavy (non-hydrogen) atoms. The van der Waals surface area contributed by atoms with Crippen LogP contribution in [0.4, 0.5) is 0 Å². The van der Waals surface area contributed by atoms with Gasteiger partial charge in [-0.2, -0.15) is 0 Å². The number of aromatic nitrogens is 1. The molecule has 3 N–H and O–H groups in total. The van der Waals surface area contributed by atoms with E-state index in [-0.39, 0.29) is 0 Å². The zero-order valence-electron chi connectivity index (χ0n) is 8.23. The lowest BCUT2D eigenvalue weighted by Gasteiger charge is -2.02. The number of thiazole rings is 1. The van der Waals surface area contributed by atoms with Crippen LogP contribution in [0, 0.1) is 0 Å². The molecule has 0 saturated heterocycles. The van der Waals surface area contributed by atoms with Crippen LogP contribution in [0.3, 0.4) is 0 Å². The second kappa shape index (κ2) is 4.52. The number of nitrogens with two attached hydrogens (primary N) is 1. The minimum absolute atomic E-state index is 0.361. The van der Waals surface area contributed by atoms with E-state index in [4.69, 9.17) is 10.8 Å². The molecule has 0 aliphatic heterocycles. The minimum Gasteiger partial charge on any atom is -0.480 e. The van der Waals surface area contributed by atoms with Gasteiger partial charge in [0.25, 0.3) is 0 Å². The lowest BCUT2D eigenvalue weighted by Crippen LogP contribution is -2.31. The molecular formula is C9H14N2O2S. The van der Waals surface area contributed by atoms with Gasteiger partial charge < -0.3 is 10.8 Å². The van der Waals surface area contributed by atoms with Crippen molar-refractivity contribution in [2.45, 2.75) is 32.2 Å². The Morgan fingerprint density at radius 1 is 1.71 bits per heavy atom. The molecule has 0 amide bonds. The average Bonchev–Trinajstić information content (AvgIpc) is 2.52.